The molecule has 0 spiro atoms. The second kappa shape index (κ2) is 6.07. The largest absolute Gasteiger partial charge is 0.349 e. The van der Waals surface area contributed by atoms with Crippen LogP contribution in [0.5, 0.6) is 0 Å². The molecule has 5 nitrogen and oxygen atoms in total. The molecular formula is C14H16ClN3O2. The first-order valence-corrected chi connectivity index (χ1v) is 6.66. The van der Waals surface area contributed by atoms with Crippen molar-refractivity contribution in [3.05, 3.63) is 62.9 Å². The third kappa shape index (κ3) is 3.59. The molecule has 0 fully saturated rings. The first-order chi connectivity index (χ1) is 9.45. The molecule has 0 aliphatic rings. The second-order valence-corrected chi connectivity index (χ2v) is 5.34. The van der Waals surface area contributed by atoms with Gasteiger partial charge in [-0.3, -0.25) is 10.1 Å². The van der Waals surface area contributed by atoms with Crippen molar-refractivity contribution in [3.8, 4) is 0 Å². The maximum Gasteiger partial charge on any atom is 0.275 e. The number of rotatable bonds is 5. The number of nitro groups is 1. The Labute approximate surface area is 122 Å². The zero-order valence-electron chi connectivity index (χ0n) is 11.1. The standard InChI is InChI=1S/C14H16ClN3O2/c1-10(16)6-11-4-5-17(8-11)9-12-2-3-13(15)7-14(12)18(19)20/h2-5,7-8,10H,6,9,16H2,1H3. The van der Waals surface area contributed by atoms with Crippen LogP contribution in [0, 0.1) is 10.1 Å². The first-order valence-electron chi connectivity index (χ1n) is 6.29. The predicted octanol–water partition coefficient (Wildman–Crippen LogP) is 2.99. The fourth-order valence-corrected chi connectivity index (χ4v) is 2.29. The van der Waals surface area contributed by atoms with Crippen molar-refractivity contribution in [2.45, 2.75) is 25.9 Å². The average molecular weight is 294 g/mol. The van der Waals surface area contributed by atoms with Crippen LogP contribution in [0.1, 0.15) is 18.1 Å². The zero-order chi connectivity index (χ0) is 14.7. The van der Waals surface area contributed by atoms with E-state index in [9.17, 15) is 10.1 Å². The van der Waals surface area contributed by atoms with Gasteiger partial charge in [-0.1, -0.05) is 11.6 Å². The van der Waals surface area contributed by atoms with E-state index in [4.69, 9.17) is 17.3 Å². The van der Waals surface area contributed by atoms with Crippen LogP contribution in [-0.2, 0) is 13.0 Å². The van der Waals surface area contributed by atoms with Crippen LogP contribution >= 0.6 is 11.6 Å². The highest BCUT2D eigenvalue weighted by molar-refractivity contribution is 6.30. The van der Waals surface area contributed by atoms with Gasteiger partial charge in [-0.2, -0.15) is 0 Å². The lowest BCUT2D eigenvalue weighted by atomic mass is 10.1. The van der Waals surface area contributed by atoms with Gasteiger partial charge in [0.05, 0.1) is 11.5 Å². The highest BCUT2D eigenvalue weighted by atomic mass is 35.5. The topological polar surface area (TPSA) is 74.1 Å². The lowest BCUT2D eigenvalue weighted by Gasteiger charge is -2.05. The smallest absolute Gasteiger partial charge is 0.275 e. The summed E-state index contributed by atoms with van der Waals surface area (Å²) in [5.74, 6) is 0. The molecule has 2 rings (SSSR count). The van der Waals surface area contributed by atoms with Crippen molar-refractivity contribution >= 4 is 17.3 Å². The highest BCUT2D eigenvalue weighted by Gasteiger charge is 2.14. The lowest BCUT2D eigenvalue weighted by Crippen LogP contribution is -2.17. The van der Waals surface area contributed by atoms with E-state index in [0.717, 1.165) is 12.0 Å². The van der Waals surface area contributed by atoms with Gasteiger partial charge in [-0.05, 0) is 37.1 Å². The van der Waals surface area contributed by atoms with Crippen molar-refractivity contribution in [1.29, 1.82) is 0 Å². The Hall–Kier alpha value is -1.85. The van der Waals surface area contributed by atoms with E-state index >= 15 is 0 Å². The molecular weight excluding hydrogens is 278 g/mol. The van der Waals surface area contributed by atoms with Crippen molar-refractivity contribution in [3.63, 3.8) is 0 Å². The molecule has 1 atom stereocenters. The molecule has 0 radical (unpaired) electrons. The summed E-state index contributed by atoms with van der Waals surface area (Å²) in [6, 6.07) is 6.80. The minimum absolute atomic E-state index is 0.0416. The SMILES string of the molecule is CC(N)Cc1ccn(Cc2ccc(Cl)cc2[N+](=O)[O-])c1. The van der Waals surface area contributed by atoms with Crippen molar-refractivity contribution < 1.29 is 4.92 Å². The Kier molecular flexibility index (Phi) is 4.42. The van der Waals surface area contributed by atoms with E-state index in [1.54, 1.807) is 12.1 Å². The van der Waals surface area contributed by atoms with Crippen molar-refractivity contribution in [2.24, 2.45) is 5.73 Å². The fourth-order valence-electron chi connectivity index (χ4n) is 2.12. The minimum atomic E-state index is -0.409. The van der Waals surface area contributed by atoms with E-state index in [1.807, 2.05) is 30.0 Å². The number of halogens is 1. The molecule has 2 N–H and O–H groups in total. The van der Waals surface area contributed by atoms with Gasteiger partial charge in [-0.15, -0.1) is 0 Å². The van der Waals surface area contributed by atoms with Crippen LogP contribution in [0.15, 0.2) is 36.7 Å². The molecule has 6 heteroatoms. The van der Waals surface area contributed by atoms with E-state index in [-0.39, 0.29) is 11.7 Å². The van der Waals surface area contributed by atoms with Gasteiger partial charge in [0.2, 0.25) is 0 Å². The number of nitrogens with zero attached hydrogens (tertiary/aromatic N) is 2. The molecule has 0 saturated carbocycles. The number of hydrogen-bond donors (Lipinski definition) is 1. The number of hydrogen-bond acceptors (Lipinski definition) is 3. The summed E-state index contributed by atoms with van der Waals surface area (Å²) in [7, 11) is 0. The summed E-state index contributed by atoms with van der Waals surface area (Å²) in [5, 5.41) is 11.4. The van der Waals surface area contributed by atoms with Crippen LogP contribution in [0.3, 0.4) is 0 Å². The van der Waals surface area contributed by atoms with E-state index in [1.165, 1.54) is 6.07 Å². The summed E-state index contributed by atoms with van der Waals surface area (Å²) in [4.78, 5) is 10.6. The molecule has 0 amide bonds. The normalized spacial score (nSPS) is 12.3. The van der Waals surface area contributed by atoms with Gasteiger partial charge < -0.3 is 10.3 Å². The molecule has 0 aliphatic heterocycles. The molecule has 106 valence electrons. The number of nitro benzene ring substituents is 1. The summed E-state index contributed by atoms with van der Waals surface area (Å²) < 4.78 is 1.91. The maximum atomic E-state index is 11.0. The summed E-state index contributed by atoms with van der Waals surface area (Å²) in [5.41, 5.74) is 7.54. The monoisotopic (exact) mass is 293 g/mol. The Morgan fingerprint density at radius 1 is 1.45 bits per heavy atom. The van der Waals surface area contributed by atoms with Gasteiger partial charge >= 0.3 is 0 Å². The maximum absolute atomic E-state index is 11.0. The van der Waals surface area contributed by atoms with Crippen molar-refractivity contribution in [1.82, 2.24) is 4.57 Å². The number of aromatic nitrogens is 1. The third-order valence-electron chi connectivity index (χ3n) is 2.97. The van der Waals surface area contributed by atoms with Gasteiger partial charge in [0, 0.05) is 35.1 Å². The Bertz CT molecular complexity index is 623. The lowest BCUT2D eigenvalue weighted by molar-refractivity contribution is -0.385. The zero-order valence-corrected chi connectivity index (χ0v) is 11.9. The van der Waals surface area contributed by atoms with Crippen LogP contribution < -0.4 is 5.73 Å². The highest BCUT2D eigenvalue weighted by Crippen LogP contribution is 2.24. The summed E-state index contributed by atoms with van der Waals surface area (Å²) in [6.45, 7) is 2.38. The Morgan fingerprint density at radius 2 is 2.20 bits per heavy atom. The quantitative estimate of drug-likeness (QED) is 0.680. The molecule has 1 aromatic heterocycles. The van der Waals surface area contributed by atoms with E-state index in [0.29, 0.717) is 17.1 Å². The van der Waals surface area contributed by atoms with Gasteiger partial charge in [-0.25, -0.2) is 0 Å². The molecule has 0 aliphatic carbocycles. The Balaban J connectivity index is 2.21. The number of nitrogens with two attached hydrogens (primary N) is 1. The average Bonchev–Trinajstić information content (AvgIpc) is 2.77. The molecule has 1 unspecified atom stereocenters. The molecule has 1 heterocycles. The van der Waals surface area contributed by atoms with Crippen molar-refractivity contribution in [2.75, 3.05) is 0 Å². The third-order valence-corrected chi connectivity index (χ3v) is 3.20. The molecule has 0 bridgehead atoms. The number of benzene rings is 1. The second-order valence-electron chi connectivity index (χ2n) is 4.90. The van der Waals surface area contributed by atoms with Gasteiger partial charge in [0.25, 0.3) is 5.69 Å². The molecule has 20 heavy (non-hydrogen) atoms. The first kappa shape index (κ1) is 14.6. The van der Waals surface area contributed by atoms with E-state index < -0.39 is 4.92 Å². The Morgan fingerprint density at radius 3 is 2.85 bits per heavy atom. The van der Waals surface area contributed by atoms with Crippen LogP contribution in [0.2, 0.25) is 5.02 Å². The van der Waals surface area contributed by atoms with E-state index in [2.05, 4.69) is 0 Å². The fraction of sp³-hybridized carbons (Fsp3) is 0.286. The minimum Gasteiger partial charge on any atom is -0.349 e. The van der Waals surface area contributed by atoms with Crippen LogP contribution in [0.4, 0.5) is 5.69 Å². The summed E-state index contributed by atoms with van der Waals surface area (Å²) in [6.07, 6.45) is 4.65. The summed E-state index contributed by atoms with van der Waals surface area (Å²) >= 11 is 5.80. The van der Waals surface area contributed by atoms with Crippen LogP contribution in [-0.4, -0.2) is 15.5 Å². The predicted molar refractivity (Wildman–Crippen MR) is 79.0 cm³/mol. The van der Waals surface area contributed by atoms with Crippen LogP contribution in [0.25, 0.3) is 0 Å². The molecule has 2 aromatic rings. The molecule has 0 saturated heterocycles. The van der Waals surface area contributed by atoms with Gasteiger partial charge in [0.15, 0.2) is 0 Å². The van der Waals surface area contributed by atoms with Gasteiger partial charge in [0.1, 0.15) is 0 Å². The molecule has 1 aromatic carbocycles.